The van der Waals surface area contributed by atoms with Crippen molar-refractivity contribution < 1.29 is 9.53 Å². The summed E-state index contributed by atoms with van der Waals surface area (Å²) in [6, 6.07) is 0. The van der Waals surface area contributed by atoms with Gasteiger partial charge in [-0.1, -0.05) is 13.8 Å². The van der Waals surface area contributed by atoms with Gasteiger partial charge in [0, 0.05) is 19.5 Å². The molecule has 0 atom stereocenters. The van der Waals surface area contributed by atoms with Crippen molar-refractivity contribution in [3.05, 3.63) is 0 Å². The maximum Gasteiger partial charge on any atom is 0.306 e. The molecule has 0 aromatic heterocycles. The summed E-state index contributed by atoms with van der Waals surface area (Å²) in [5, 5.41) is 0. The molecule has 3 nitrogen and oxygen atoms in total. The van der Waals surface area contributed by atoms with Crippen LogP contribution in [-0.2, 0) is 9.53 Å². The van der Waals surface area contributed by atoms with Crippen LogP contribution in [0.3, 0.4) is 0 Å². The predicted octanol–water partition coefficient (Wildman–Crippen LogP) is 1.81. The monoisotopic (exact) mass is 199 g/mol. The minimum absolute atomic E-state index is 0.0589. The van der Waals surface area contributed by atoms with Crippen molar-refractivity contribution in [2.45, 2.75) is 45.1 Å². The molecule has 1 saturated heterocycles. The SMILES string of the molecule is CCC(=O)OC1(CC)CCN(C)CC1. The minimum atomic E-state index is -0.167. The normalized spacial score (nSPS) is 21.9. The molecule has 0 amide bonds. The molecule has 0 aromatic carbocycles. The van der Waals surface area contributed by atoms with Crippen molar-refractivity contribution >= 4 is 5.97 Å². The summed E-state index contributed by atoms with van der Waals surface area (Å²) >= 11 is 0. The van der Waals surface area contributed by atoms with Gasteiger partial charge in [0.25, 0.3) is 0 Å². The van der Waals surface area contributed by atoms with Crippen molar-refractivity contribution in [3.8, 4) is 0 Å². The number of carbonyl (C=O) groups excluding carboxylic acids is 1. The number of rotatable bonds is 3. The maximum absolute atomic E-state index is 11.3. The van der Waals surface area contributed by atoms with Gasteiger partial charge in [0.1, 0.15) is 5.60 Å². The molecule has 14 heavy (non-hydrogen) atoms. The van der Waals surface area contributed by atoms with Crippen LogP contribution in [0.4, 0.5) is 0 Å². The standard InChI is InChI=1S/C11H21NO2/c1-4-10(13)14-11(5-2)6-8-12(3)9-7-11/h4-9H2,1-3H3. The fourth-order valence-electron chi connectivity index (χ4n) is 1.87. The lowest BCUT2D eigenvalue weighted by molar-refractivity contribution is -0.164. The summed E-state index contributed by atoms with van der Waals surface area (Å²) < 4.78 is 5.56. The van der Waals surface area contributed by atoms with Gasteiger partial charge < -0.3 is 9.64 Å². The molecule has 0 aromatic rings. The second-order valence-corrected chi connectivity index (χ2v) is 4.17. The molecule has 1 aliphatic heterocycles. The predicted molar refractivity (Wildman–Crippen MR) is 56.1 cm³/mol. The zero-order valence-corrected chi connectivity index (χ0v) is 9.51. The second kappa shape index (κ2) is 4.78. The van der Waals surface area contributed by atoms with Crippen molar-refractivity contribution in [2.24, 2.45) is 0 Å². The quantitative estimate of drug-likeness (QED) is 0.649. The van der Waals surface area contributed by atoms with Crippen molar-refractivity contribution in [3.63, 3.8) is 0 Å². The number of piperidine rings is 1. The zero-order valence-electron chi connectivity index (χ0n) is 9.51. The van der Waals surface area contributed by atoms with E-state index < -0.39 is 0 Å². The highest BCUT2D eigenvalue weighted by Gasteiger charge is 2.35. The van der Waals surface area contributed by atoms with E-state index in [1.165, 1.54) is 0 Å². The summed E-state index contributed by atoms with van der Waals surface area (Å²) in [5.74, 6) is -0.0589. The Morgan fingerprint density at radius 3 is 2.36 bits per heavy atom. The van der Waals surface area contributed by atoms with Gasteiger partial charge in [-0.05, 0) is 26.3 Å². The molecule has 0 radical (unpaired) electrons. The topological polar surface area (TPSA) is 29.5 Å². The Labute approximate surface area is 86.4 Å². The van der Waals surface area contributed by atoms with E-state index in [-0.39, 0.29) is 11.6 Å². The summed E-state index contributed by atoms with van der Waals surface area (Å²) in [5.41, 5.74) is -0.167. The van der Waals surface area contributed by atoms with E-state index in [1.54, 1.807) is 0 Å². The Morgan fingerprint density at radius 1 is 1.36 bits per heavy atom. The van der Waals surface area contributed by atoms with E-state index in [1.807, 2.05) is 6.92 Å². The number of nitrogens with zero attached hydrogens (tertiary/aromatic N) is 1. The minimum Gasteiger partial charge on any atom is -0.459 e. The molecule has 1 aliphatic rings. The first-order valence-electron chi connectivity index (χ1n) is 5.52. The summed E-state index contributed by atoms with van der Waals surface area (Å²) in [4.78, 5) is 13.6. The Hall–Kier alpha value is -0.570. The third kappa shape index (κ3) is 2.71. The lowest BCUT2D eigenvalue weighted by Crippen LogP contribution is -2.45. The van der Waals surface area contributed by atoms with E-state index in [4.69, 9.17) is 4.74 Å². The van der Waals surface area contributed by atoms with Gasteiger partial charge in [0.2, 0.25) is 0 Å². The van der Waals surface area contributed by atoms with Crippen LogP contribution < -0.4 is 0 Å². The molecule has 3 heteroatoms. The highest BCUT2D eigenvalue weighted by atomic mass is 16.6. The molecular formula is C11H21NO2. The fourth-order valence-corrected chi connectivity index (χ4v) is 1.87. The molecular weight excluding hydrogens is 178 g/mol. The van der Waals surface area contributed by atoms with Crippen LogP contribution in [0.25, 0.3) is 0 Å². The fraction of sp³-hybridized carbons (Fsp3) is 0.909. The van der Waals surface area contributed by atoms with Gasteiger partial charge in [0.05, 0.1) is 0 Å². The Morgan fingerprint density at radius 2 is 1.93 bits per heavy atom. The number of hydrogen-bond acceptors (Lipinski definition) is 3. The van der Waals surface area contributed by atoms with E-state index in [0.29, 0.717) is 6.42 Å². The zero-order chi connectivity index (χ0) is 10.6. The van der Waals surface area contributed by atoms with E-state index in [2.05, 4.69) is 18.9 Å². The lowest BCUT2D eigenvalue weighted by atomic mass is 9.89. The highest BCUT2D eigenvalue weighted by molar-refractivity contribution is 5.69. The van der Waals surface area contributed by atoms with Crippen molar-refractivity contribution in [1.82, 2.24) is 4.90 Å². The van der Waals surface area contributed by atoms with Crippen LogP contribution >= 0.6 is 0 Å². The molecule has 0 saturated carbocycles. The third-order valence-electron chi connectivity index (χ3n) is 3.16. The van der Waals surface area contributed by atoms with Gasteiger partial charge in [0.15, 0.2) is 0 Å². The van der Waals surface area contributed by atoms with Gasteiger partial charge >= 0.3 is 5.97 Å². The highest BCUT2D eigenvalue weighted by Crippen LogP contribution is 2.29. The molecule has 0 spiro atoms. The van der Waals surface area contributed by atoms with Crippen LogP contribution in [0.1, 0.15) is 39.5 Å². The summed E-state index contributed by atoms with van der Waals surface area (Å²) in [6.07, 6.45) is 3.38. The number of carbonyl (C=O) groups is 1. The summed E-state index contributed by atoms with van der Waals surface area (Å²) in [6.45, 7) is 6.02. The summed E-state index contributed by atoms with van der Waals surface area (Å²) in [7, 11) is 2.11. The number of likely N-dealkylation sites (tertiary alicyclic amines) is 1. The average molecular weight is 199 g/mol. The maximum atomic E-state index is 11.3. The van der Waals surface area contributed by atoms with Crippen LogP contribution in [0.15, 0.2) is 0 Å². The lowest BCUT2D eigenvalue weighted by Gasteiger charge is -2.39. The molecule has 1 rings (SSSR count). The Bertz CT molecular complexity index is 195. The molecule has 1 fully saturated rings. The number of hydrogen-bond donors (Lipinski definition) is 0. The van der Waals surface area contributed by atoms with Crippen molar-refractivity contribution in [1.29, 1.82) is 0 Å². The Kier molecular flexibility index (Phi) is 3.93. The van der Waals surface area contributed by atoms with Gasteiger partial charge in [-0.15, -0.1) is 0 Å². The first-order chi connectivity index (χ1) is 6.62. The van der Waals surface area contributed by atoms with E-state index in [0.717, 1.165) is 32.4 Å². The molecule has 0 unspecified atom stereocenters. The van der Waals surface area contributed by atoms with Gasteiger partial charge in [-0.3, -0.25) is 4.79 Å². The van der Waals surface area contributed by atoms with E-state index in [9.17, 15) is 4.79 Å². The van der Waals surface area contributed by atoms with Crippen molar-refractivity contribution in [2.75, 3.05) is 20.1 Å². The van der Waals surface area contributed by atoms with Crippen LogP contribution in [0.5, 0.6) is 0 Å². The molecule has 0 aliphatic carbocycles. The average Bonchev–Trinajstić information content (AvgIpc) is 2.22. The van der Waals surface area contributed by atoms with Gasteiger partial charge in [-0.2, -0.15) is 0 Å². The van der Waals surface area contributed by atoms with Crippen LogP contribution in [-0.4, -0.2) is 36.6 Å². The van der Waals surface area contributed by atoms with Crippen LogP contribution in [0.2, 0.25) is 0 Å². The third-order valence-corrected chi connectivity index (χ3v) is 3.16. The molecule has 82 valence electrons. The first-order valence-corrected chi connectivity index (χ1v) is 5.52. The second-order valence-electron chi connectivity index (χ2n) is 4.17. The smallest absolute Gasteiger partial charge is 0.306 e. The molecule has 0 N–H and O–H groups in total. The Balaban J connectivity index is 2.54. The molecule has 1 heterocycles. The first kappa shape index (κ1) is 11.5. The van der Waals surface area contributed by atoms with Gasteiger partial charge in [-0.25, -0.2) is 0 Å². The number of ether oxygens (including phenoxy) is 1. The number of esters is 1. The molecule has 0 bridgehead atoms. The van der Waals surface area contributed by atoms with Crippen LogP contribution in [0, 0.1) is 0 Å². The van der Waals surface area contributed by atoms with E-state index >= 15 is 0 Å². The largest absolute Gasteiger partial charge is 0.459 e.